The Bertz CT molecular complexity index is 2000. The number of aromatic hydroxyl groups is 1. The molecule has 1 aromatic heterocycles. The Hall–Kier alpha value is -4.79. The number of amides is 2. The number of allylic oxidation sites excluding steroid dienone is 2. The van der Waals surface area contributed by atoms with Gasteiger partial charge in [-0.1, -0.05) is 48.6 Å². The molecule has 0 saturated carbocycles. The summed E-state index contributed by atoms with van der Waals surface area (Å²) in [6.07, 6.45) is 10.4. The van der Waals surface area contributed by atoms with E-state index in [9.17, 15) is 29.7 Å². The Kier molecular flexibility index (Phi) is 13.2. The lowest BCUT2D eigenvalue weighted by Gasteiger charge is -2.34. The minimum Gasteiger partial charge on any atom is -0.510 e. The number of carbonyl (C=O) groups excluding carboxylic acids is 3. The Morgan fingerprint density at radius 1 is 1.02 bits per heavy atom. The van der Waals surface area contributed by atoms with Crippen LogP contribution in [0.1, 0.15) is 63.3 Å². The Morgan fingerprint density at radius 2 is 1.84 bits per heavy atom. The maximum atomic E-state index is 14.0. The number of nitrogens with one attached hydrogen (secondary N) is 4. The van der Waals surface area contributed by atoms with Crippen LogP contribution in [0, 0.1) is 11.8 Å². The SMILES string of the molecule is O=C1C=CC2C(C(O)CNCCCCNC(=O)c3ccc(CNC4(C(=O)OCC5CCN(Cc6cccc(O)c6)CC5)CCc5ccccc54)s3)=CC=C(O)C2N1. The number of phenols is 1. The van der Waals surface area contributed by atoms with Crippen molar-refractivity contribution in [1.82, 2.24) is 26.2 Å². The number of phenolic OH excluding ortho intramolecular Hbond substituents is 1. The number of hydrogen-bond donors (Lipinski definition) is 7. The molecule has 57 heavy (non-hydrogen) atoms. The van der Waals surface area contributed by atoms with Gasteiger partial charge in [0.25, 0.3) is 5.91 Å². The highest BCUT2D eigenvalue weighted by Crippen LogP contribution is 2.39. The van der Waals surface area contributed by atoms with E-state index in [1.165, 1.54) is 23.5 Å². The predicted octanol–water partition coefficient (Wildman–Crippen LogP) is 4.35. The third-order valence-corrected chi connectivity index (χ3v) is 12.7. The lowest BCUT2D eigenvalue weighted by molar-refractivity contribution is -0.154. The summed E-state index contributed by atoms with van der Waals surface area (Å²) in [6.45, 7) is 4.92. The zero-order chi connectivity index (χ0) is 39.8. The van der Waals surface area contributed by atoms with Crippen molar-refractivity contribution < 1.29 is 34.4 Å². The van der Waals surface area contributed by atoms with Gasteiger partial charge >= 0.3 is 5.97 Å². The molecule has 1 saturated heterocycles. The number of benzene rings is 2. The summed E-state index contributed by atoms with van der Waals surface area (Å²) in [5.41, 5.74) is 2.97. The first-order valence-electron chi connectivity index (χ1n) is 20.0. The summed E-state index contributed by atoms with van der Waals surface area (Å²) in [7, 11) is 0. The maximum Gasteiger partial charge on any atom is 0.331 e. The van der Waals surface area contributed by atoms with Crippen LogP contribution in [0.4, 0.5) is 0 Å². The number of piperidine rings is 1. The third-order valence-electron chi connectivity index (χ3n) is 11.6. The Morgan fingerprint density at radius 3 is 2.68 bits per heavy atom. The van der Waals surface area contributed by atoms with Crippen LogP contribution in [0.5, 0.6) is 5.75 Å². The molecule has 0 radical (unpaired) electrons. The molecule has 2 aromatic carbocycles. The fraction of sp³-hybridized carbons (Fsp3) is 0.432. The van der Waals surface area contributed by atoms with Crippen molar-refractivity contribution in [3.05, 3.63) is 123 Å². The summed E-state index contributed by atoms with van der Waals surface area (Å²) in [6, 6.07) is 18.7. The van der Waals surface area contributed by atoms with Gasteiger partial charge in [0.05, 0.1) is 23.6 Å². The molecule has 13 heteroatoms. The van der Waals surface area contributed by atoms with Crippen LogP contribution in [0.15, 0.2) is 96.3 Å². The van der Waals surface area contributed by atoms with Crippen LogP contribution in [0.25, 0.3) is 0 Å². The van der Waals surface area contributed by atoms with Gasteiger partial charge < -0.3 is 36.0 Å². The average Bonchev–Trinajstić information content (AvgIpc) is 3.85. The molecule has 7 rings (SSSR count). The third kappa shape index (κ3) is 9.85. The van der Waals surface area contributed by atoms with E-state index in [0.29, 0.717) is 50.0 Å². The van der Waals surface area contributed by atoms with Crippen molar-refractivity contribution in [2.45, 2.75) is 69.3 Å². The minimum atomic E-state index is -0.955. The summed E-state index contributed by atoms with van der Waals surface area (Å²) in [5.74, 6) is -0.299. The minimum absolute atomic E-state index is 0.0718. The van der Waals surface area contributed by atoms with E-state index in [4.69, 9.17) is 4.74 Å². The number of hydrogen-bond acceptors (Lipinski definition) is 11. The van der Waals surface area contributed by atoms with E-state index >= 15 is 0 Å². The van der Waals surface area contributed by atoms with Gasteiger partial charge in [-0.05, 0) is 123 Å². The second-order valence-corrected chi connectivity index (χ2v) is 16.7. The summed E-state index contributed by atoms with van der Waals surface area (Å²) in [4.78, 5) is 42.7. The molecule has 2 amide bonds. The molecule has 1 fully saturated rings. The number of nitrogens with zero attached hydrogens (tertiary/aromatic N) is 1. The molecule has 4 atom stereocenters. The molecule has 3 heterocycles. The standard InChI is InChI=1S/C44H53N5O7S/c50-32-8-5-6-30(24-32)27-49-22-17-29(18-23-49)28-56-43(55)44(19-16-31-7-1-2-9-36(31)44)47-25-33-10-14-39(57-33)42(54)46-21-4-3-20-45-26-38(52)34-11-13-37(51)41-35(34)12-15-40(53)48-41/h1-2,5-15,24,29,35,38,41,45,47,50-52H,3-4,16-23,25-28H2,(H,46,54)(H,48,53). The summed E-state index contributed by atoms with van der Waals surface area (Å²) in [5, 5.41) is 43.4. The Balaban J connectivity index is 0.836. The normalized spacial score (nSPS) is 22.5. The largest absolute Gasteiger partial charge is 0.510 e. The second kappa shape index (κ2) is 18.6. The summed E-state index contributed by atoms with van der Waals surface area (Å²) >= 11 is 1.41. The first kappa shape index (κ1) is 40.4. The molecule has 7 N–H and O–H groups in total. The molecule has 2 aliphatic heterocycles. The van der Waals surface area contributed by atoms with Gasteiger partial charge in [0.2, 0.25) is 5.91 Å². The van der Waals surface area contributed by atoms with E-state index in [1.807, 2.05) is 48.5 Å². The number of likely N-dealkylation sites (tertiary alicyclic amines) is 1. The average molecular weight is 796 g/mol. The lowest BCUT2D eigenvalue weighted by atomic mass is 9.81. The van der Waals surface area contributed by atoms with Gasteiger partial charge in [-0.15, -0.1) is 11.3 Å². The molecule has 3 aromatic rings. The molecule has 302 valence electrons. The second-order valence-electron chi connectivity index (χ2n) is 15.5. The van der Waals surface area contributed by atoms with Gasteiger partial charge in [0.1, 0.15) is 17.0 Å². The lowest BCUT2D eigenvalue weighted by Crippen LogP contribution is -2.48. The van der Waals surface area contributed by atoms with Crippen LogP contribution in [-0.4, -0.2) is 89.5 Å². The Labute approximate surface area is 337 Å². The smallest absolute Gasteiger partial charge is 0.331 e. The first-order valence-corrected chi connectivity index (χ1v) is 20.9. The molecule has 4 unspecified atom stereocenters. The van der Waals surface area contributed by atoms with Crippen molar-refractivity contribution in [2.75, 3.05) is 39.3 Å². The molecule has 2 aliphatic carbocycles. The fourth-order valence-electron chi connectivity index (χ4n) is 8.36. The van der Waals surface area contributed by atoms with E-state index in [1.54, 1.807) is 18.2 Å². The number of ether oxygens (including phenoxy) is 1. The first-order chi connectivity index (χ1) is 27.7. The number of aryl methyl sites for hydroxylation is 1. The number of unbranched alkanes of at least 4 members (excludes halogenated alkanes) is 1. The molecule has 12 nitrogen and oxygen atoms in total. The highest BCUT2D eigenvalue weighted by molar-refractivity contribution is 7.14. The van der Waals surface area contributed by atoms with Crippen LogP contribution in [-0.2, 0) is 39.4 Å². The maximum absolute atomic E-state index is 14.0. The quantitative estimate of drug-likeness (QED) is 0.0770. The highest BCUT2D eigenvalue weighted by atomic mass is 32.1. The van der Waals surface area contributed by atoms with Crippen molar-refractivity contribution in [1.29, 1.82) is 0 Å². The molecule has 0 bridgehead atoms. The zero-order valence-electron chi connectivity index (χ0n) is 32.1. The molecular formula is C44H53N5O7S. The van der Waals surface area contributed by atoms with Crippen LogP contribution < -0.4 is 21.3 Å². The van der Waals surface area contributed by atoms with Crippen LogP contribution in [0.3, 0.4) is 0 Å². The van der Waals surface area contributed by atoms with E-state index in [0.717, 1.165) is 78.9 Å². The van der Waals surface area contributed by atoms with E-state index < -0.39 is 17.7 Å². The number of esters is 1. The molecule has 0 spiro atoms. The van der Waals surface area contributed by atoms with Crippen molar-refractivity contribution in [3.8, 4) is 5.75 Å². The number of fused-ring (bicyclic) bond motifs is 2. The summed E-state index contributed by atoms with van der Waals surface area (Å²) < 4.78 is 6.11. The number of aliphatic hydroxyl groups is 2. The number of thiophene rings is 1. The molecule has 4 aliphatic rings. The number of aliphatic hydroxyl groups excluding tert-OH is 2. The van der Waals surface area contributed by atoms with Gasteiger partial charge in [-0.25, -0.2) is 4.79 Å². The van der Waals surface area contributed by atoms with E-state index in [2.05, 4.69) is 32.2 Å². The highest BCUT2D eigenvalue weighted by Gasteiger charge is 2.46. The van der Waals surface area contributed by atoms with Gasteiger partial charge in [-0.2, -0.15) is 0 Å². The monoisotopic (exact) mass is 795 g/mol. The van der Waals surface area contributed by atoms with E-state index in [-0.39, 0.29) is 35.2 Å². The van der Waals surface area contributed by atoms with Crippen molar-refractivity contribution in [2.24, 2.45) is 11.8 Å². The van der Waals surface area contributed by atoms with Gasteiger partial charge in [-0.3, -0.25) is 19.8 Å². The van der Waals surface area contributed by atoms with Crippen molar-refractivity contribution >= 4 is 29.1 Å². The number of rotatable bonds is 17. The predicted molar refractivity (Wildman–Crippen MR) is 218 cm³/mol. The van der Waals surface area contributed by atoms with Crippen molar-refractivity contribution in [3.63, 3.8) is 0 Å². The molecular weight excluding hydrogens is 743 g/mol. The fourth-order valence-corrected chi connectivity index (χ4v) is 9.22. The number of carbonyl (C=O) groups is 3. The van der Waals surface area contributed by atoms with Crippen LogP contribution in [0.2, 0.25) is 0 Å². The van der Waals surface area contributed by atoms with Crippen LogP contribution >= 0.6 is 11.3 Å². The zero-order valence-corrected chi connectivity index (χ0v) is 32.9. The van der Waals surface area contributed by atoms with Gasteiger partial charge in [0.15, 0.2) is 0 Å². The topological polar surface area (TPSA) is 172 Å². The van der Waals surface area contributed by atoms with Gasteiger partial charge in [0, 0.05) is 37.0 Å².